The average Bonchev–Trinajstić information content (AvgIpc) is 3.24. The molecule has 0 bridgehead atoms. The molecule has 2 aromatic heterocycles. The fourth-order valence-electron chi connectivity index (χ4n) is 2.83. The number of carbonyl (C=O) groups is 1. The lowest BCUT2D eigenvalue weighted by atomic mass is 9.92. The Balaban J connectivity index is 1.59. The summed E-state index contributed by atoms with van der Waals surface area (Å²) in [5.41, 5.74) is 0.601. The lowest BCUT2D eigenvalue weighted by Crippen LogP contribution is -2.41. The maximum absolute atomic E-state index is 12.7. The highest BCUT2D eigenvalue weighted by Gasteiger charge is 2.33. The normalized spacial score (nSPS) is 17.2. The van der Waals surface area contributed by atoms with Crippen LogP contribution in [0.25, 0.3) is 0 Å². The molecule has 0 aromatic carbocycles. The van der Waals surface area contributed by atoms with Gasteiger partial charge in [0.1, 0.15) is 4.21 Å². The van der Waals surface area contributed by atoms with E-state index in [4.69, 9.17) is 4.52 Å². The van der Waals surface area contributed by atoms with Crippen LogP contribution >= 0.6 is 27.3 Å². The minimum atomic E-state index is -3.50. The highest BCUT2D eigenvalue weighted by molar-refractivity contribution is 9.11. The number of nitrogens with zero attached hydrogens (tertiary/aromatic N) is 2. The van der Waals surface area contributed by atoms with Crippen LogP contribution in [0, 0.1) is 5.92 Å². The maximum Gasteiger partial charge on any atom is 0.252 e. The van der Waals surface area contributed by atoms with Crippen molar-refractivity contribution in [3.05, 3.63) is 27.7 Å². The number of anilines is 1. The van der Waals surface area contributed by atoms with E-state index >= 15 is 0 Å². The predicted molar refractivity (Wildman–Crippen MR) is 107 cm³/mol. The second kappa shape index (κ2) is 7.65. The fourth-order valence-corrected chi connectivity index (χ4v) is 6.47. The molecular weight excluding hydrogens is 454 g/mol. The van der Waals surface area contributed by atoms with Gasteiger partial charge in [-0.25, -0.2) is 8.42 Å². The summed E-state index contributed by atoms with van der Waals surface area (Å²) in [6.45, 7) is 6.68. The van der Waals surface area contributed by atoms with E-state index in [-0.39, 0.29) is 17.2 Å². The number of piperidine rings is 1. The third-order valence-electron chi connectivity index (χ3n) is 4.49. The molecule has 1 aliphatic heterocycles. The summed E-state index contributed by atoms with van der Waals surface area (Å²) in [5.74, 6) is -0.0966. The van der Waals surface area contributed by atoms with Gasteiger partial charge >= 0.3 is 0 Å². The Morgan fingerprint density at radius 2 is 2.00 bits per heavy atom. The smallest absolute Gasteiger partial charge is 0.252 e. The topological polar surface area (TPSA) is 92.5 Å². The van der Waals surface area contributed by atoms with Crippen LogP contribution in [-0.2, 0) is 20.2 Å². The monoisotopic (exact) mass is 475 g/mol. The van der Waals surface area contributed by atoms with E-state index in [1.807, 2.05) is 20.8 Å². The number of sulfonamides is 1. The third kappa shape index (κ3) is 4.61. The molecule has 0 saturated carbocycles. The maximum atomic E-state index is 12.7. The van der Waals surface area contributed by atoms with Crippen LogP contribution in [0.5, 0.6) is 0 Å². The third-order valence-corrected chi connectivity index (χ3v) is 8.48. The molecule has 0 spiro atoms. The van der Waals surface area contributed by atoms with Crippen molar-refractivity contribution >= 4 is 49.1 Å². The molecule has 1 fully saturated rings. The number of thiophene rings is 1. The second-order valence-electron chi connectivity index (χ2n) is 7.55. The van der Waals surface area contributed by atoms with Crippen molar-refractivity contribution in [2.24, 2.45) is 5.92 Å². The Labute approximate surface area is 171 Å². The van der Waals surface area contributed by atoms with Gasteiger partial charge in [0.25, 0.3) is 10.0 Å². The predicted octanol–water partition coefficient (Wildman–Crippen LogP) is 3.84. The number of amides is 1. The van der Waals surface area contributed by atoms with Crippen LogP contribution in [0.2, 0.25) is 0 Å². The molecule has 1 amide bonds. The van der Waals surface area contributed by atoms with E-state index in [2.05, 4.69) is 26.4 Å². The minimum absolute atomic E-state index is 0.164. The summed E-state index contributed by atoms with van der Waals surface area (Å²) < 4.78 is 33.0. The van der Waals surface area contributed by atoms with E-state index in [1.54, 1.807) is 18.2 Å². The summed E-state index contributed by atoms with van der Waals surface area (Å²) in [6, 6.07) is 5.05. The van der Waals surface area contributed by atoms with E-state index in [0.29, 0.717) is 36.0 Å². The van der Waals surface area contributed by atoms with E-state index in [9.17, 15) is 13.2 Å². The van der Waals surface area contributed by atoms with Crippen LogP contribution < -0.4 is 5.32 Å². The van der Waals surface area contributed by atoms with Crippen LogP contribution in [-0.4, -0.2) is 36.9 Å². The summed E-state index contributed by atoms with van der Waals surface area (Å²) >= 11 is 4.48. The highest BCUT2D eigenvalue weighted by atomic mass is 79.9. The van der Waals surface area contributed by atoms with E-state index in [0.717, 1.165) is 9.48 Å². The first kappa shape index (κ1) is 20.5. The molecule has 1 N–H and O–H groups in total. The Morgan fingerprint density at radius 1 is 1.33 bits per heavy atom. The van der Waals surface area contributed by atoms with Gasteiger partial charge in [0.2, 0.25) is 11.8 Å². The van der Waals surface area contributed by atoms with Crippen molar-refractivity contribution in [2.75, 3.05) is 18.4 Å². The summed E-state index contributed by atoms with van der Waals surface area (Å²) in [4.78, 5) is 12.5. The standard InChI is InChI=1S/C17H22BrN3O4S2/c1-17(2,3)12-10-14(25-20-12)19-16(22)11-6-8-21(9-7-11)27(23,24)15-5-4-13(18)26-15/h4-5,10-11H,6-9H2,1-3H3,(H,19,22). The first-order chi connectivity index (χ1) is 12.6. The molecule has 7 nitrogen and oxygen atoms in total. The van der Waals surface area contributed by atoms with E-state index < -0.39 is 10.0 Å². The van der Waals surface area contributed by atoms with Gasteiger partial charge in [-0.1, -0.05) is 25.9 Å². The van der Waals surface area contributed by atoms with Gasteiger partial charge in [-0.3, -0.25) is 10.1 Å². The largest absolute Gasteiger partial charge is 0.338 e. The van der Waals surface area contributed by atoms with Crippen LogP contribution in [0.15, 0.2) is 30.7 Å². The van der Waals surface area contributed by atoms with Gasteiger partial charge in [-0.2, -0.15) is 4.31 Å². The van der Waals surface area contributed by atoms with Gasteiger partial charge in [0, 0.05) is 30.5 Å². The molecule has 0 aliphatic carbocycles. The first-order valence-electron chi connectivity index (χ1n) is 8.61. The van der Waals surface area contributed by atoms with Crippen LogP contribution in [0.4, 0.5) is 5.88 Å². The average molecular weight is 476 g/mol. The van der Waals surface area contributed by atoms with Crippen molar-refractivity contribution in [2.45, 2.75) is 43.2 Å². The lowest BCUT2D eigenvalue weighted by Gasteiger charge is -2.29. The van der Waals surface area contributed by atoms with Crippen molar-refractivity contribution in [3.63, 3.8) is 0 Å². The number of nitrogens with one attached hydrogen (secondary N) is 1. The molecule has 27 heavy (non-hydrogen) atoms. The molecule has 3 rings (SSSR count). The van der Waals surface area contributed by atoms with Crippen molar-refractivity contribution in [1.82, 2.24) is 9.46 Å². The number of rotatable bonds is 4. The number of halogens is 1. The molecule has 3 heterocycles. The quantitative estimate of drug-likeness (QED) is 0.724. The lowest BCUT2D eigenvalue weighted by molar-refractivity contribution is -0.121. The second-order valence-corrected chi connectivity index (χ2v) is 12.2. The summed E-state index contributed by atoms with van der Waals surface area (Å²) in [7, 11) is -3.50. The summed E-state index contributed by atoms with van der Waals surface area (Å²) in [5, 5.41) is 6.74. The van der Waals surface area contributed by atoms with E-state index in [1.165, 1.54) is 15.6 Å². The van der Waals surface area contributed by atoms with Crippen LogP contribution in [0.3, 0.4) is 0 Å². The molecule has 1 aliphatic rings. The molecule has 148 valence electrons. The Morgan fingerprint density at radius 3 is 2.52 bits per heavy atom. The van der Waals surface area contributed by atoms with Crippen molar-refractivity contribution in [3.8, 4) is 0 Å². The van der Waals surface area contributed by atoms with Gasteiger partial charge in [0.15, 0.2) is 0 Å². The fraction of sp³-hybridized carbons (Fsp3) is 0.529. The van der Waals surface area contributed by atoms with Gasteiger partial charge < -0.3 is 4.52 Å². The molecule has 0 unspecified atom stereocenters. The SMILES string of the molecule is CC(C)(C)c1cc(NC(=O)C2CCN(S(=O)(=O)c3ccc(Br)s3)CC2)on1. The highest BCUT2D eigenvalue weighted by Crippen LogP contribution is 2.31. The van der Waals surface area contributed by atoms with Crippen molar-refractivity contribution < 1.29 is 17.7 Å². The minimum Gasteiger partial charge on any atom is -0.338 e. The number of hydrogen-bond donors (Lipinski definition) is 1. The zero-order valence-corrected chi connectivity index (χ0v) is 18.6. The zero-order chi connectivity index (χ0) is 19.8. The van der Waals surface area contributed by atoms with Crippen LogP contribution in [0.1, 0.15) is 39.3 Å². The number of carbonyl (C=O) groups excluding carboxylic acids is 1. The van der Waals surface area contributed by atoms with Gasteiger partial charge in [-0.05, 0) is 40.9 Å². The van der Waals surface area contributed by atoms with Gasteiger partial charge in [-0.15, -0.1) is 11.3 Å². The Kier molecular flexibility index (Phi) is 5.81. The molecular formula is C17H22BrN3O4S2. The number of aromatic nitrogens is 1. The molecule has 10 heteroatoms. The molecule has 0 radical (unpaired) electrons. The Hall–Kier alpha value is -1.23. The molecule has 1 saturated heterocycles. The molecule has 0 atom stereocenters. The molecule has 2 aromatic rings. The summed E-state index contributed by atoms with van der Waals surface area (Å²) in [6.07, 6.45) is 0.940. The Bertz CT molecular complexity index is 922. The zero-order valence-electron chi connectivity index (χ0n) is 15.4. The first-order valence-corrected chi connectivity index (χ1v) is 11.7. The van der Waals surface area contributed by atoms with Gasteiger partial charge in [0.05, 0.1) is 9.48 Å². The number of hydrogen-bond acceptors (Lipinski definition) is 6. The van der Waals surface area contributed by atoms with Crippen molar-refractivity contribution in [1.29, 1.82) is 0 Å².